The van der Waals surface area contributed by atoms with Crippen molar-refractivity contribution in [3.05, 3.63) is 29.0 Å². The van der Waals surface area contributed by atoms with Gasteiger partial charge in [-0.2, -0.15) is 5.10 Å². The van der Waals surface area contributed by atoms with Crippen LogP contribution in [0.4, 0.5) is 0 Å². The Morgan fingerprint density at radius 1 is 1.67 bits per heavy atom. The van der Waals surface area contributed by atoms with Gasteiger partial charge in [0, 0.05) is 11.6 Å². The summed E-state index contributed by atoms with van der Waals surface area (Å²) >= 11 is 1.43. The molecule has 0 saturated heterocycles. The molecule has 5 nitrogen and oxygen atoms in total. The second kappa shape index (κ2) is 3.82. The lowest BCUT2D eigenvalue weighted by Gasteiger charge is -2.01. The van der Waals surface area contributed by atoms with Crippen molar-refractivity contribution in [2.24, 2.45) is 0 Å². The summed E-state index contributed by atoms with van der Waals surface area (Å²) in [6, 6.07) is 0. The Morgan fingerprint density at radius 3 is 3.00 bits per heavy atom. The number of nitrogens with zero attached hydrogens (tertiary/aromatic N) is 3. The van der Waals surface area contributed by atoms with Gasteiger partial charge in [-0.3, -0.25) is 0 Å². The molecule has 6 heteroatoms. The molecule has 2 rings (SSSR count). The molecule has 0 aliphatic rings. The van der Waals surface area contributed by atoms with Crippen LogP contribution in [0.5, 0.6) is 0 Å². The number of hydrogen-bond acceptors (Lipinski definition) is 4. The standard InChI is InChI=1S/C9H9N3O2S/c1-2-7-6(8(13)14)5-11-12(7)9-10-3-4-15-9/h3-5H,2H2,1H3,(H,13,14). The first-order valence-electron chi connectivity index (χ1n) is 4.44. The fourth-order valence-electron chi connectivity index (χ4n) is 1.38. The Balaban J connectivity index is 2.54. The third-order valence-electron chi connectivity index (χ3n) is 2.03. The van der Waals surface area contributed by atoms with E-state index in [4.69, 9.17) is 5.11 Å². The second-order valence-electron chi connectivity index (χ2n) is 2.89. The first kappa shape index (κ1) is 9.85. The summed E-state index contributed by atoms with van der Waals surface area (Å²) in [5.41, 5.74) is 0.921. The molecular formula is C9H9N3O2S. The lowest BCUT2D eigenvalue weighted by atomic mass is 10.2. The number of carboxylic acid groups (broad SMARTS) is 1. The van der Waals surface area contributed by atoms with Crippen molar-refractivity contribution >= 4 is 17.3 Å². The van der Waals surface area contributed by atoms with Gasteiger partial charge in [0.2, 0.25) is 5.13 Å². The Kier molecular flexibility index (Phi) is 2.51. The average Bonchev–Trinajstić information content (AvgIpc) is 2.85. The maximum atomic E-state index is 10.9. The average molecular weight is 223 g/mol. The van der Waals surface area contributed by atoms with Crippen LogP contribution in [0.1, 0.15) is 23.0 Å². The number of aromatic nitrogens is 3. The van der Waals surface area contributed by atoms with E-state index in [1.807, 2.05) is 12.3 Å². The highest BCUT2D eigenvalue weighted by molar-refractivity contribution is 7.12. The quantitative estimate of drug-likeness (QED) is 0.858. The molecule has 0 spiro atoms. The van der Waals surface area contributed by atoms with E-state index in [0.717, 1.165) is 0 Å². The smallest absolute Gasteiger partial charge is 0.339 e. The second-order valence-corrected chi connectivity index (χ2v) is 3.76. The molecule has 2 aromatic rings. The third-order valence-corrected chi connectivity index (χ3v) is 2.78. The molecule has 0 aliphatic carbocycles. The van der Waals surface area contributed by atoms with Gasteiger partial charge in [-0.25, -0.2) is 14.5 Å². The zero-order chi connectivity index (χ0) is 10.8. The largest absolute Gasteiger partial charge is 0.478 e. The van der Waals surface area contributed by atoms with Gasteiger partial charge in [0.15, 0.2) is 0 Å². The van der Waals surface area contributed by atoms with Crippen LogP contribution in [0.25, 0.3) is 5.13 Å². The van der Waals surface area contributed by atoms with Crippen LogP contribution in [0.3, 0.4) is 0 Å². The molecule has 0 amide bonds. The summed E-state index contributed by atoms with van der Waals surface area (Å²) in [6.07, 6.45) is 3.64. The number of carboxylic acids is 1. The van der Waals surface area contributed by atoms with Crippen molar-refractivity contribution in [1.82, 2.24) is 14.8 Å². The Bertz CT molecular complexity index is 476. The molecule has 0 fully saturated rings. The van der Waals surface area contributed by atoms with E-state index >= 15 is 0 Å². The highest BCUT2D eigenvalue weighted by atomic mass is 32.1. The molecule has 0 bridgehead atoms. The molecule has 0 radical (unpaired) electrons. The molecule has 2 aromatic heterocycles. The van der Waals surface area contributed by atoms with Crippen LogP contribution in [-0.2, 0) is 6.42 Å². The SMILES string of the molecule is CCc1c(C(=O)O)cnn1-c1nccs1. The van der Waals surface area contributed by atoms with Gasteiger partial charge in [0.1, 0.15) is 5.56 Å². The number of thiazole rings is 1. The van der Waals surface area contributed by atoms with E-state index in [1.165, 1.54) is 17.5 Å². The Hall–Kier alpha value is -1.69. The Labute approximate surface area is 90.0 Å². The van der Waals surface area contributed by atoms with Crippen LogP contribution < -0.4 is 0 Å². The van der Waals surface area contributed by atoms with Gasteiger partial charge in [0.05, 0.1) is 11.9 Å². The molecule has 0 unspecified atom stereocenters. The first-order valence-corrected chi connectivity index (χ1v) is 5.32. The van der Waals surface area contributed by atoms with Crippen LogP contribution in [0, 0.1) is 0 Å². The van der Waals surface area contributed by atoms with Crippen molar-refractivity contribution in [1.29, 1.82) is 0 Å². The van der Waals surface area contributed by atoms with E-state index in [1.54, 1.807) is 10.9 Å². The van der Waals surface area contributed by atoms with Crippen molar-refractivity contribution in [2.75, 3.05) is 0 Å². The van der Waals surface area contributed by atoms with Gasteiger partial charge >= 0.3 is 5.97 Å². The van der Waals surface area contributed by atoms with Crippen LogP contribution in [0.2, 0.25) is 0 Å². The summed E-state index contributed by atoms with van der Waals surface area (Å²) in [5, 5.41) is 15.5. The van der Waals surface area contributed by atoms with E-state index in [0.29, 0.717) is 17.2 Å². The lowest BCUT2D eigenvalue weighted by molar-refractivity contribution is 0.0695. The maximum absolute atomic E-state index is 10.9. The minimum Gasteiger partial charge on any atom is -0.478 e. The molecule has 0 saturated carbocycles. The fourth-order valence-corrected chi connectivity index (χ4v) is 2.00. The fraction of sp³-hybridized carbons (Fsp3) is 0.222. The van der Waals surface area contributed by atoms with Crippen molar-refractivity contribution in [3.8, 4) is 5.13 Å². The number of aromatic carboxylic acids is 1. The predicted octanol–water partition coefficient (Wildman–Crippen LogP) is 1.59. The highest BCUT2D eigenvalue weighted by Gasteiger charge is 2.16. The van der Waals surface area contributed by atoms with E-state index in [9.17, 15) is 4.79 Å². The van der Waals surface area contributed by atoms with Gasteiger partial charge in [-0.15, -0.1) is 11.3 Å². The summed E-state index contributed by atoms with van der Waals surface area (Å²) in [4.78, 5) is 15.0. The monoisotopic (exact) mass is 223 g/mol. The van der Waals surface area contributed by atoms with Crippen molar-refractivity contribution in [3.63, 3.8) is 0 Å². The lowest BCUT2D eigenvalue weighted by Crippen LogP contribution is -2.05. The van der Waals surface area contributed by atoms with E-state index in [-0.39, 0.29) is 5.56 Å². The van der Waals surface area contributed by atoms with Gasteiger partial charge in [0.25, 0.3) is 0 Å². The van der Waals surface area contributed by atoms with E-state index in [2.05, 4.69) is 10.1 Å². The van der Waals surface area contributed by atoms with Gasteiger partial charge < -0.3 is 5.11 Å². The molecule has 0 aromatic carbocycles. The normalized spacial score (nSPS) is 10.5. The van der Waals surface area contributed by atoms with Crippen LogP contribution >= 0.6 is 11.3 Å². The summed E-state index contributed by atoms with van der Waals surface area (Å²) in [6.45, 7) is 1.90. The number of rotatable bonds is 3. The van der Waals surface area contributed by atoms with Crippen molar-refractivity contribution < 1.29 is 9.90 Å². The van der Waals surface area contributed by atoms with Crippen LogP contribution in [-0.4, -0.2) is 25.8 Å². The topological polar surface area (TPSA) is 68.0 Å². The van der Waals surface area contributed by atoms with Crippen LogP contribution in [0.15, 0.2) is 17.8 Å². The number of hydrogen-bond donors (Lipinski definition) is 1. The Morgan fingerprint density at radius 2 is 2.47 bits per heavy atom. The summed E-state index contributed by atoms with van der Waals surface area (Å²) in [7, 11) is 0. The minimum absolute atomic E-state index is 0.243. The van der Waals surface area contributed by atoms with E-state index < -0.39 is 5.97 Å². The minimum atomic E-state index is -0.949. The molecule has 0 atom stereocenters. The van der Waals surface area contributed by atoms with Gasteiger partial charge in [-0.05, 0) is 6.42 Å². The predicted molar refractivity (Wildman–Crippen MR) is 55.6 cm³/mol. The van der Waals surface area contributed by atoms with Crippen molar-refractivity contribution in [2.45, 2.75) is 13.3 Å². The summed E-state index contributed by atoms with van der Waals surface area (Å²) in [5.74, 6) is -0.949. The molecular weight excluding hydrogens is 214 g/mol. The molecule has 15 heavy (non-hydrogen) atoms. The summed E-state index contributed by atoms with van der Waals surface area (Å²) < 4.78 is 1.58. The first-order chi connectivity index (χ1) is 7.24. The maximum Gasteiger partial charge on any atom is 0.339 e. The molecule has 1 N–H and O–H groups in total. The zero-order valence-electron chi connectivity index (χ0n) is 8.04. The number of carbonyl (C=O) groups is 1. The molecule has 0 aliphatic heterocycles. The third kappa shape index (κ3) is 1.63. The highest BCUT2D eigenvalue weighted by Crippen LogP contribution is 2.17. The van der Waals surface area contributed by atoms with Gasteiger partial charge in [-0.1, -0.05) is 6.92 Å². The molecule has 78 valence electrons. The molecule has 2 heterocycles. The zero-order valence-corrected chi connectivity index (χ0v) is 8.86.